The third-order valence-electron chi connectivity index (χ3n) is 5.06. The van der Waals surface area contributed by atoms with E-state index in [4.69, 9.17) is 0 Å². The summed E-state index contributed by atoms with van der Waals surface area (Å²) < 4.78 is 1.90. The summed E-state index contributed by atoms with van der Waals surface area (Å²) in [5.41, 5.74) is 2.38. The molecule has 0 saturated carbocycles. The number of likely N-dealkylation sites (tertiary alicyclic amines) is 1. The minimum absolute atomic E-state index is 0.223. The molecule has 0 unspecified atom stereocenters. The van der Waals surface area contributed by atoms with Gasteiger partial charge in [-0.05, 0) is 43.4 Å². The Morgan fingerprint density at radius 1 is 1.25 bits per heavy atom. The standard InChI is InChI=1S/C18H23N5O/c24-18(23-9-7-16-5-1-2-6-17(16)23)12-21-8-3-4-15(10-21)11-22-14-19-13-20-22/h1-2,5-6,13-15H,3-4,7-12H2/t15-/m0/s1. The molecule has 3 heterocycles. The average Bonchev–Trinajstić information content (AvgIpc) is 3.24. The first-order valence-corrected chi connectivity index (χ1v) is 8.72. The highest BCUT2D eigenvalue weighted by molar-refractivity contribution is 5.96. The fourth-order valence-electron chi connectivity index (χ4n) is 3.91. The van der Waals surface area contributed by atoms with Gasteiger partial charge >= 0.3 is 0 Å². The lowest BCUT2D eigenvalue weighted by Crippen LogP contribution is -2.44. The summed E-state index contributed by atoms with van der Waals surface area (Å²) in [7, 11) is 0. The quantitative estimate of drug-likeness (QED) is 0.856. The number of aromatic nitrogens is 3. The summed E-state index contributed by atoms with van der Waals surface area (Å²) >= 11 is 0. The van der Waals surface area contributed by atoms with Gasteiger partial charge in [0.2, 0.25) is 5.91 Å². The van der Waals surface area contributed by atoms with Gasteiger partial charge in [-0.1, -0.05) is 18.2 Å². The van der Waals surface area contributed by atoms with E-state index in [1.165, 1.54) is 12.0 Å². The topological polar surface area (TPSA) is 54.3 Å². The van der Waals surface area contributed by atoms with Gasteiger partial charge in [0.1, 0.15) is 12.7 Å². The third-order valence-corrected chi connectivity index (χ3v) is 5.06. The number of hydrogen-bond acceptors (Lipinski definition) is 4. The predicted octanol–water partition coefficient (Wildman–Crippen LogP) is 1.58. The van der Waals surface area contributed by atoms with Crippen molar-refractivity contribution >= 4 is 11.6 Å². The van der Waals surface area contributed by atoms with E-state index in [2.05, 4.69) is 27.1 Å². The molecule has 0 radical (unpaired) electrons. The Morgan fingerprint density at radius 2 is 2.17 bits per heavy atom. The molecule has 24 heavy (non-hydrogen) atoms. The molecule has 1 amide bonds. The van der Waals surface area contributed by atoms with Crippen molar-refractivity contribution in [3.05, 3.63) is 42.5 Å². The third kappa shape index (κ3) is 3.19. The predicted molar refractivity (Wildman–Crippen MR) is 91.7 cm³/mol. The maximum Gasteiger partial charge on any atom is 0.241 e. The van der Waals surface area contributed by atoms with Crippen LogP contribution in [-0.2, 0) is 17.8 Å². The number of piperidine rings is 1. The summed E-state index contributed by atoms with van der Waals surface area (Å²) in [6.07, 6.45) is 6.65. The van der Waals surface area contributed by atoms with Crippen molar-refractivity contribution in [2.75, 3.05) is 31.1 Å². The largest absolute Gasteiger partial charge is 0.311 e. The summed E-state index contributed by atoms with van der Waals surface area (Å²) in [5.74, 6) is 0.764. The highest BCUT2D eigenvalue weighted by atomic mass is 16.2. The van der Waals surface area contributed by atoms with E-state index in [0.29, 0.717) is 12.5 Å². The fraction of sp³-hybridized carbons (Fsp3) is 0.500. The van der Waals surface area contributed by atoms with Crippen LogP contribution in [0.1, 0.15) is 18.4 Å². The second-order valence-electron chi connectivity index (χ2n) is 6.78. The van der Waals surface area contributed by atoms with Gasteiger partial charge in [0, 0.05) is 25.3 Å². The molecule has 0 spiro atoms. The first-order valence-electron chi connectivity index (χ1n) is 8.72. The molecule has 0 aliphatic carbocycles. The number of nitrogens with zero attached hydrogens (tertiary/aromatic N) is 5. The van der Waals surface area contributed by atoms with Crippen LogP contribution in [0.15, 0.2) is 36.9 Å². The first kappa shape index (κ1) is 15.3. The molecule has 1 atom stereocenters. The number of carbonyl (C=O) groups excluding carboxylic acids is 1. The molecule has 6 heteroatoms. The second-order valence-corrected chi connectivity index (χ2v) is 6.78. The maximum absolute atomic E-state index is 12.8. The van der Waals surface area contributed by atoms with Crippen LogP contribution < -0.4 is 4.90 Å². The molecule has 0 bridgehead atoms. The van der Waals surface area contributed by atoms with Crippen LogP contribution in [0.5, 0.6) is 0 Å². The summed E-state index contributed by atoms with van der Waals surface area (Å²) in [6, 6.07) is 8.24. The molecule has 126 valence electrons. The van der Waals surface area contributed by atoms with E-state index in [-0.39, 0.29) is 5.91 Å². The zero-order valence-corrected chi connectivity index (χ0v) is 13.8. The van der Waals surface area contributed by atoms with Crippen molar-refractivity contribution in [2.24, 2.45) is 5.92 Å². The number of hydrogen-bond donors (Lipinski definition) is 0. The molecule has 2 aromatic rings. The summed E-state index contributed by atoms with van der Waals surface area (Å²) in [4.78, 5) is 21.0. The van der Waals surface area contributed by atoms with E-state index in [1.807, 2.05) is 21.7 Å². The van der Waals surface area contributed by atoms with Gasteiger partial charge in [-0.25, -0.2) is 4.98 Å². The van der Waals surface area contributed by atoms with E-state index in [1.54, 1.807) is 12.7 Å². The monoisotopic (exact) mass is 325 g/mol. The lowest BCUT2D eigenvalue weighted by molar-refractivity contribution is -0.120. The van der Waals surface area contributed by atoms with Gasteiger partial charge in [0.05, 0.1) is 6.54 Å². The minimum Gasteiger partial charge on any atom is -0.311 e. The SMILES string of the molecule is O=C(CN1CCC[C@H](Cn2cncn2)C1)N1CCc2ccccc21. The molecule has 2 aliphatic rings. The van der Waals surface area contributed by atoms with Crippen LogP contribution in [0.2, 0.25) is 0 Å². The number of fused-ring (bicyclic) bond motifs is 1. The van der Waals surface area contributed by atoms with E-state index >= 15 is 0 Å². The van der Waals surface area contributed by atoms with Gasteiger partial charge in [0.25, 0.3) is 0 Å². The Labute approximate surface area is 142 Å². The number of amides is 1. The van der Waals surface area contributed by atoms with Crippen LogP contribution in [0.25, 0.3) is 0 Å². The van der Waals surface area contributed by atoms with E-state index < -0.39 is 0 Å². The Bertz CT molecular complexity index is 699. The highest BCUT2D eigenvalue weighted by Crippen LogP contribution is 2.28. The zero-order valence-electron chi connectivity index (χ0n) is 13.8. The van der Waals surface area contributed by atoms with Gasteiger partial charge < -0.3 is 4.90 Å². The van der Waals surface area contributed by atoms with E-state index in [0.717, 1.165) is 44.7 Å². The number of para-hydroxylation sites is 1. The highest BCUT2D eigenvalue weighted by Gasteiger charge is 2.27. The fourth-order valence-corrected chi connectivity index (χ4v) is 3.91. The number of benzene rings is 1. The maximum atomic E-state index is 12.8. The van der Waals surface area contributed by atoms with Crippen molar-refractivity contribution in [1.29, 1.82) is 0 Å². The first-order chi connectivity index (χ1) is 11.8. The number of anilines is 1. The lowest BCUT2D eigenvalue weighted by atomic mass is 9.98. The molecular formula is C18H23N5O. The van der Waals surface area contributed by atoms with Crippen LogP contribution in [0.4, 0.5) is 5.69 Å². The second kappa shape index (κ2) is 6.73. The lowest BCUT2D eigenvalue weighted by Gasteiger charge is -2.33. The minimum atomic E-state index is 0.223. The Morgan fingerprint density at radius 3 is 3.04 bits per heavy atom. The zero-order chi connectivity index (χ0) is 16.4. The Kier molecular flexibility index (Phi) is 4.30. The average molecular weight is 325 g/mol. The molecule has 4 rings (SSSR count). The van der Waals surface area contributed by atoms with Gasteiger partial charge in [0.15, 0.2) is 0 Å². The molecule has 0 N–H and O–H groups in total. The van der Waals surface area contributed by atoms with Crippen molar-refractivity contribution in [2.45, 2.75) is 25.8 Å². The molecule has 1 saturated heterocycles. The Balaban J connectivity index is 1.36. The van der Waals surface area contributed by atoms with Gasteiger partial charge in [-0.3, -0.25) is 14.4 Å². The van der Waals surface area contributed by atoms with Crippen molar-refractivity contribution in [3.63, 3.8) is 0 Å². The number of rotatable bonds is 4. The molecule has 2 aliphatic heterocycles. The van der Waals surface area contributed by atoms with Gasteiger partial charge in [-0.2, -0.15) is 5.10 Å². The Hall–Kier alpha value is -2.21. The molecule has 6 nitrogen and oxygen atoms in total. The van der Waals surface area contributed by atoms with Crippen molar-refractivity contribution < 1.29 is 4.79 Å². The molecule has 1 fully saturated rings. The van der Waals surface area contributed by atoms with Crippen LogP contribution in [-0.4, -0.2) is 51.8 Å². The van der Waals surface area contributed by atoms with Crippen LogP contribution >= 0.6 is 0 Å². The molecular weight excluding hydrogens is 302 g/mol. The van der Waals surface area contributed by atoms with Crippen molar-refractivity contribution in [3.8, 4) is 0 Å². The normalized spacial score (nSPS) is 21.0. The van der Waals surface area contributed by atoms with E-state index in [9.17, 15) is 4.79 Å². The van der Waals surface area contributed by atoms with Gasteiger partial charge in [-0.15, -0.1) is 0 Å². The van der Waals surface area contributed by atoms with Crippen LogP contribution in [0.3, 0.4) is 0 Å². The molecule has 1 aromatic carbocycles. The molecule has 1 aromatic heterocycles. The van der Waals surface area contributed by atoms with Crippen LogP contribution in [0, 0.1) is 5.92 Å². The van der Waals surface area contributed by atoms with Crippen molar-refractivity contribution in [1.82, 2.24) is 19.7 Å². The number of carbonyl (C=O) groups is 1. The summed E-state index contributed by atoms with van der Waals surface area (Å²) in [6.45, 7) is 4.18. The summed E-state index contributed by atoms with van der Waals surface area (Å²) in [5, 5.41) is 4.20. The smallest absolute Gasteiger partial charge is 0.241 e.